The molecule has 1 aliphatic carbocycles. The van der Waals surface area contributed by atoms with Gasteiger partial charge in [-0.05, 0) is 70.7 Å². The van der Waals surface area contributed by atoms with Gasteiger partial charge in [0.2, 0.25) is 5.91 Å². The van der Waals surface area contributed by atoms with Gasteiger partial charge in [-0.15, -0.1) is 0 Å². The number of fused-ring (bicyclic) bond motifs is 1. The van der Waals surface area contributed by atoms with Crippen LogP contribution in [0, 0.1) is 18.7 Å². The van der Waals surface area contributed by atoms with E-state index in [-0.39, 0.29) is 23.8 Å². The van der Waals surface area contributed by atoms with Crippen LogP contribution >= 0.6 is 0 Å². The number of rotatable bonds is 7. The fraction of sp³-hybridized carbons (Fsp3) is 0.440. The van der Waals surface area contributed by atoms with E-state index in [1.54, 1.807) is 12.1 Å². The van der Waals surface area contributed by atoms with Crippen LogP contribution in [0.3, 0.4) is 0 Å². The summed E-state index contributed by atoms with van der Waals surface area (Å²) in [6, 6.07) is 7.77. The van der Waals surface area contributed by atoms with Gasteiger partial charge in [-0.3, -0.25) is 9.59 Å². The molecule has 174 valence electrons. The minimum absolute atomic E-state index is 0.0839. The number of nitrogens with one attached hydrogen (secondary N) is 1. The van der Waals surface area contributed by atoms with E-state index in [1.165, 1.54) is 12.1 Å². The molecule has 3 N–H and O–H groups in total. The lowest BCUT2D eigenvalue weighted by atomic mass is 9.98. The SMILES string of the molecule is Cc1nn(C(C)(C)C)c2nc(C3CC3)cc(C(=O)NCC(Cc3ccc(F)cc3)C(N)=O)c12. The number of hydrogen-bond acceptors (Lipinski definition) is 4. The topological polar surface area (TPSA) is 103 Å². The number of hydrogen-bond donors (Lipinski definition) is 2. The second kappa shape index (κ2) is 8.57. The number of benzene rings is 1. The quantitative estimate of drug-likeness (QED) is 0.573. The lowest BCUT2D eigenvalue weighted by Crippen LogP contribution is -2.37. The first kappa shape index (κ1) is 22.9. The van der Waals surface area contributed by atoms with Crippen molar-refractivity contribution in [1.82, 2.24) is 20.1 Å². The van der Waals surface area contributed by atoms with Gasteiger partial charge in [0.25, 0.3) is 5.91 Å². The zero-order valence-corrected chi connectivity index (χ0v) is 19.5. The van der Waals surface area contributed by atoms with Crippen LogP contribution in [0.4, 0.5) is 4.39 Å². The van der Waals surface area contributed by atoms with E-state index in [1.807, 2.05) is 17.7 Å². The van der Waals surface area contributed by atoms with Gasteiger partial charge in [0.05, 0.1) is 28.1 Å². The average Bonchev–Trinajstić information content (AvgIpc) is 3.54. The Labute approximate surface area is 192 Å². The molecule has 33 heavy (non-hydrogen) atoms. The van der Waals surface area contributed by atoms with Gasteiger partial charge in [0.1, 0.15) is 5.82 Å². The Morgan fingerprint density at radius 1 is 1.24 bits per heavy atom. The average molecular weight is 452 g/mol. The van der Waals surface area contributed by atoms with Gasteiger partial charge in [-0.2, -0.15) is 5.10 Å². The summed E-state index contributed by atoms with van der Waals surface area (Å²) in [7, 11) is 0. The van der Waals surface area contributed by atoms with Gasteiger partial charge in [-0.1, -0.05) is 12.1 Å². The van der Waals surface area contributed by atoms with Gasteiger partial charge in [0, 0.05) is 18.2 Å². The number of halogens is 1. The van der Waals surface area contributed by atoms with Gasteiger partial charge in [0.15, 0.2) is 5.65 Å². The van der Waals surface area contributed by atoms with Crippen molar-refractivity contribution in [2.45, 2.75) is 58.4 Å². The molecule has 2 aromatic heterocycles. The van der Waals surface area contributed by atoms with Crippen molar-refractivity contribution < 1.29 is 14.0 Å². The predicted octanol–water partition coefficient (Wildman–Crippen LogP) is 3.59. The molecule has 4 rings (SSSR count). The van der Waals surface area contributed by atoms with Crippen molar-refractivity contribution in [3.63, 3.8) is 0 Å². The molecule has 1 unspecified atom stereocenters. The smallest absolute Gasteiger partial charge is 0.252 e. The van der Waals surface area contributed by atoms with Crippen LogP contribution < -0.4 is 11.1 Å². The zero-order chi connectivity index (χ0) is 23.9. The summed E-state index contributed by atoms with van der Waals surface area (Å²) < 4.78 is 15.1. The minimum atomic E-state index is -0.613. The highest BCUT2D eigenvalue weighted by Crippen LogP contribution is 2.41. The van der Waals surface area contributed by atoms with E-state index in [2.05, 4.69) is 31.2 Å². The van der Waals surface area contributed by atoms with Crippen LogP contribution in [0.15, 0.2) is 30.3 Å². The summed E-state index contributed by atoms with van der Waals surface area (Å²) in [6.07, 6.45) is 2.43. The number of amides is 2. The number of pyridine rings is 1. The molecule has 2 heterocycles. The van der Waals surface area contributed by atoms with E-state index in [0.29, 0.717) is 23.5 Å². The summed E-state index contributed by atoms with van der Waals surface area (Å²) in [4.78, 5) is 30.2. The lowest BCUT2D eigenvalue weighted by molar-refractivity contribution is -0.121. The number of carbonyl (C=O) groups excluding carboxylic acids is 2. The number of carbonyl (C=O) groups is 2. The monoisotopic (exact) mass is 451 g/mol. The first-order chi connectivity index (χ1) is 15.5. The first-order valence-corrected chi connectivity index (χ1v) is 11.3. The van der Waals surface area contributed by atoms with Crippen molar-refractivity contribution in [2.75, 3.05) is 6.54 Å². The highest BCUT2D eigenvalue weighted by molar-refractivity contribution is 6.06. The van der Waals surface area contributed by atoms with Crippen LogP contribution in [0.5, 0.6) is 0 Å². The second-order valence-corrected chi connectivity index (χ2v) is 9.88. The number of nitrogens with two attached hydrogens (primary N) is 1. The molecule has 8 heteroatoms. The van der Waals surface area contributed by atoms with Crippen molar-refractivity contribution in [1.29, 1.82) is 0 Å². The van der Waals surface area contributed by atoms with Gasteiger partial charge < -0.3 is 11.1 Å². The molecule has 1 saturated carbocycles. The third-order valence-electron chi connectivity index (χ3n) is 6.02. The molecular weight excluding hydrogens is 421 g/mol. The maximum absolute atomic E-state index is 13.3. The standard InChI is InChI=1S/C25H30FN5O2/c1-14-21-19(12-20(16-7-8-16)29-23(21)31(30-14)25(2,3)4)24(33)28-13-17(22(27)32)11-15-5-9-18(26)10-6-15/h5-6,9-10,12,16-17H,7-8,11,13H2,1-4H3,(H2,27,32)(H,28,33). The molecule has 2 amide bonds. The van der Waals surface area contributed by atoms with Crippen LogP contribution in [0.2, 0.25) is 0 Å². The number of aryl methyl sites for hydroxylation is 1. The van der Waals surface area contributed by atoms with E-state index < -0.39 is 11.8 Å². The zero-order valence-electron chi connectivity index (χ0n) is 19.5. The predicted molar refractivity (Wildman–Crippen MR) is 124 cm³/mol. The van der Waals surface area contributed by atoms with E-state index in [9.17, 15) is 14.0 Å². The van der Waals surface area contributed by atoms with Crippen molar-refractivity contribution >= 4 is 22.8 Å². The molecule has 0 bridgehead atoms. The van der Waals surface area contributed by atoms with Crippen LogP contribution in [0.1, 0.15) is 66.8 Å². The number of aromatic nitrogens is 3. The summed E-state index contributed by atoms with van der Waals surface area (Å²) in [5, 5.41) is 8.29. The summed E-state index contributed by atoms with van der Waals surface area (Å²) >= 11 is 0. The molecule has 3 aromatic rings. The Morgan fingerprint density at radius 2 is 1.91 bits per heavy atom. The molecule has 1 atom stereocenters. The van der Waals surface area contributed by atoms with Crippen molar-refractivity contribution in [2.24, 2.45) is 11.7 Å². The van der Waals surface area contributed by atoms with E-state index in [4.69, 9.17) is 10.7 Å². The number of primary amides is 1. The Morgan fingerprint density at radius 3 is 2.48 bits per heavy atom. The maximum atomic E-state index is 13.3. The highest BCUT2D eigenvalue weighted by atomic mass is 19.1. The fourth-order valence-electron chi connectivity index (χ4n) is 4.03. The van der Waals surface area contributed by atoms with Crippen LogP contribution in [-0.4, -0.2) is 33.1 Å². The van der Waals surface area contributed by atoms with E-state index >= 15 is 0 Å². The number of nitrogens with zero attached hydrogens (tertiary/aromatic N) is 3. The second-order valence-electron chi connectivity index (χ2n) is 9.88. The Hall–Kier alpha value is -3.29. The summed E-state index contributed by atoms with van der Waals surface area (Å²) in [5.74, 6) is -1.40. The molecule has 1 fully saturated rings. The largest absolute Gasteiger partial charge is 0.369 e. The molecular formula is C25H30FN5O2. The molecule has 7 nitrogen and oxygen atoms in total. The summed E-state index contributed by atoms with van der Waals surface area (Å²) in [5.41, 5.74) is 8.92. The Balaban J connectivity index is 1.62. The van der Waals surface area contributed by atoms with Crippen molar-refractivity contribution in [3.8, 4) is 0 Å². The maximum Gasteiger partial charge on any atom is 0.252 e. The molecule has 0 radical (unpaired) electrons. The molecule has 0 spiro atoms. The molecule has 1 aliphatic rings. The van der Waals surface area contributed by atoms with Crippen LogP contribution in [-0.2, 0) is 16.8 Å². The highest BCUT2D eigenvalue weighted by Gasteiger charge is 2.30. The van der Waals surface area contributed by atoms with Crippen LogP contribution in [0.25, 0.3) is 11.0 Å². The Bertz CT molecular complexity index is 1210. The van der Waals surface area contributed by atoms with E-state index in [0.717, 1.165) is 35.2 Å². The fourth-order valence-corrected chi connectivity index (χ4v) is 4.03. The van der Waals surface area contributed by atoms with Gasteiger partial charge >= 0.3 is 0 Å². The first-order valence-electron chi connectivity index (χ1n) is 11.3. The molecule has 0 aliphatic heterocycles. The molecule has 1 aromatic carbocycles. The molecule has 0 saturated heterocycles. The minimum Gasteiger partial charge on any atom is -0.369 e. The lowest BCUT2D eigenvalue weighted by Gasteiger charge is -2.20. The third kappa shape index (κ3) is 4.89. The Kier molecular flexibility index (Phi) is 5.95. The summed E-state index contributed by atoms with van der Waals surface area (Å²) in [6.45, 7) is 8.12. The normalized spacial score (nSPS) is 14.9. The third-order valence-corrected chi connectivity index (χ3v) is 6.02. The van der Waals surface area contributed by atoms with Gasteiger partial charge in [-0.25, -0.2) is 14.1 Å². The van der Waals surface area contributed by atoms with Crippen molar-refractivity contribution in [3.05, 3.63) is 58.7 Å².